The van der Waals surface area contributed by atoms with E-state index in [4.69, 9.17) is 4.74 Å². The Morgan fingerprint density at radius 1 is 1.47 bits per heavy atom. The molecule has 0 spiro atoms. The standard InChI is InChI=1S/C15H22N2O2/c1-10(2)17-15(18)9-19-14-6-4-5-11-12(14)7-8-13(11)16-3/h4-6,10,13,16H,7-9H2,1-3H3,(H,17,18). The maximum atomic E-state index is 11.6. The predicted molar refractivity (Wildman–Crippen MR) is 75.3 cm³/mol. The number of benzene rings is 1. The van der Waals surface area contributed by atoms with Crippen LogP contribution in [0.5, 0.6) is 5.75 Å². The van der Waals surface area contributed by atoms with E-state index in [1.165, 1.54) is 11.1 Å². The molecule has 0 aliphatic heterocycles. The van der Waals surface area contributed by atoms with E-state index in [9.17, 15) is 4.79 Å². The normalized spacial score (nSPS) is 17.4. The number of hydrogen-bond acceptors (Lipinski definition) is 3. The molecule has 1 aromatic rings. The second-order valence-corrected chi connectivity index (χ2v) is 5.21. The maximum Gasteiger partial charge on any atom is 0.258 e. The van der Waals surface area contributed by atoms with Crippen molar-refractivity contribution in [2.24, 2.45) is 0 Å². The molecule has 104 valence electrons. The number of amides is 1. The average molecular weight is 262 g/mol. The lowest BCUT2D eigenvalue weighted by atomic mass is 10.1. The largest absolute Gasteiger partial charge is 0.483 e. The zero-order valence-electron chi connectivity index (χ0n) is 11.8. The Morgan fingerprint density at radius 2 is 2.26 bits per heavy atom. The Kier molecular flexibility index (Phi) is 4.43. The van der Waals surface area contributed by atoms with Gasteiger partial charge in [-0.05, 0) is 50.9 Å². The number of hydrogen-bond donors (Lipinski definition) is 2. The van der Waals surface area contributed by atoms with Crippen molar-refractivity contribution in [2.75, 3.05) is 13.7 Å². The van der Waals surface area contributed by atoms with Crippen LogP contribution >= 0.6 is 0 Å². The van der Waals surface area contributed by atoms with Crippen LogP contribution in [0.15, 0.2) is 18.2 Å². The molecule has 0 aromatic heterocycles. The number of carbonyl (C=O) groups is 1. The van der Waals surface area contributed by atoms with Crippen molar-refractivity contribution < 1.29 is 9.53 Å². The van der Waals surface area contributed by atoms with Crippen LogP contribution in [0.4, 0.5) is 0 Å². The molecule has 0 heterocycles. The topological polar surface area (TPSA) is 50.4 Å². The van der Waals surface area contributed by atoms with Gasteiger partial charge in [-0.15, -0.1) is 0 Å². The highest BCUT2D eigenvalue weighted by molar-refractivity contribution is 5.77. The molecule has 4 nitrogen and oxygen atoms in total. The summed E-state index contributed by atoms with van der Waals surface area (Å²) in [7, 11) is 1.98. The highest BCUT2D eigenvalue weighted by Crippen LogP contribution is 2.36. The van der Waals surface area contributed by atoms with Gasteiger partial charge < -0.3 is 15.4 Å². The van der Waals surface area contributed by atoms with Gasteiger partial charge in [0.1, 0.15) is 5.75 Å². The number of fused-ring (bicyclic) bond motifs is 1. The zero-order valence-corrected chi connectivity index (χ0v) is 11.8. The molecule has 0 bridgehead atoms. The van der Waals surface area contributed by atoms with Gasteiger partial charge in [0, 0.05) is 12.1 Å². The Labute approximate surface area is 114 Å². The summed E-state index contributed by atoms with van der Waals surface area (Å²) in [5, 5.41) is 6.13. The van der Waals surface area contributed by atoms with Gasteiger partial charge in [-0.1, -0.05) is 12.1 Å². The second-order valence-electron chi connectivity index (χ2n) is 5.21. The Morgan fingerprint density at radius 3 is 2.95 bits per heavy atom. The van der Waals surface area contributed by atoms with Gasteiger partial charge in [0.2, 0.25) is 0 Å². The summed E-state index contributed by atoms with van der Waals surface area (Å²) in [6.45, 7) is 3.96. The second kappa shape index (κ2) is 6.06. The first-order chi connectivity index (χ1) is 9.11. The number of carbonyl (C=O) groups excluding carboxylic acids is 1. The van der Waals surface area contributed by atoms with E-state index in [1.807, 2.05) is 33.0 Å². The third-order valence-corrected chi connectivity index (χ3v) is 3.38. The van der Waals surface area contributed by atoms with Crippen LogP contribution in [-0.2, 0) is 11.2 Å². The first kappa shape index (κ1) is 13.9. The van der Waals surface area contributed by atoms with Crippen molar-refractivity contribution in [1.29, 1.82) is 0 Å². The molecule has 1 atom stereocenters. The molecule has 19 heavy (non-hydrogen) atoms. The van der Waals surface area contributed by atoms with Crippen molar-refractivity contribution in [3.05, 3.63) is 29.3 Å². The van der Waals surface area contributed by atoms with Crippen molar-refractivity contribution in [1.82, 2.24) is 10.6 Å². The summed E-state index contributed by atoms with van der Waals surface area (Å²) < 4.78 is 5.66. The highest BCUT2D eigenvalue weighted by atomic mass is 16.5. The Balaban J connectivity index is 2.02. The van der Waals surface area contributed by atoms with Crippen molar-refractivity contribution in [3.8, 4) is 5.75 Å². The van der Waals surface area contributed by atoms with Gasteiger partial charge in [-0.2, -0.15) is 0 Å². The van der Waals surface area contributed by atoms with Crippen LogP contribution in [-0.4, -0.2) is 25.6 Å². The van der Waals surface area contributed by atoms with Gasteiger partial charge in [0.25, 0.3) is 5.91 Å². The molecule has 1 unspecified atom stereocenters. The van der Waals surface area contributed by atoms with Gasteiger partial charge in [-0.3, -0.25) is 4.79 Å². The van der Waals surface area contributed by atoms with Gasteiger partial charge >= 0.3 is 0 Å². The van der Waals surface area contributed by atoms with Gasteiger partial charge in [-0.25, -0.2) is 0 Å². The number of nitrogens with one attached hydrogen (secondary N) is 2. The molecule has 4 heteroatoms. The third kappa shape index (κ3) is 3.26. The molecular weight excluding hydrogens is 240 g/mol. The minimum absolute atomic E-state index is 0.0734. The Bertz CT molecular complexity index is 457. The monoisotopic (exact) mass is 262 g/mol. The lowest BCUT2D eigenvalue weighted by Crippen LogP contribution is -2.34. The molecule has 1 aliphatic carbocycles. The van der Waals surface area contributed by atoms with E-state index in [2.05, 4.69) is 16.7 Å². The lowest BCUT2D eigenvalue weighted by Gasteiger charge is -2.13. The van der Waals surface area contributed by atoms with Crippen LogP contribution in [0, 0.1) is 0 Å². The van der Waals surface area contributed by atoms with E-state index in [-0.39, 0.29) is 18.6 Å². The van der Waals surface area contributed by atoms with Crippen LogP contribution < -0.4 is 15.4 Å². The predicted octanol–water partition coefficient (Wildman–Crippen LogP) is 1.80. The Hall–Kier alpha value is -1.55. The fourth-order valence-corrected chi connectivity index (χ4v) is 2.56. The van der Waals surface area contributed by atoms with Gasteiger partial charge in [0.15, 0.2) is 6.61 Å². The van der Waals surface area contributed by atoms with Gasteiger partial charge in [0.05, 0.1) is 0 Å². The van der Waals surface area contributed by atoms with E-state index < -0.39 is 0 Å². The minimum atomic E-state index is -0.0734. The molecule has 0 saturated carbocycles. The van der Waals surface area contributed by atoms with E-state index >= 15 is 0 Å². The van der Waals surface area contributed by atoms with Crippen LogP contribution in [0.1, 0.15) is 37.4 Å². The average Bonchev–Trinajstić information content (AvgIpc) is 2.79. The molecule has 1 aliphatic rings. The molecule has 0 fully saturated rings. The lowest BCUT2D eigenvalue weighted by molar-refractivity contribution is -0.123. The van der Waals surface area contributed by atoms with Crippen LogP contribution in [0.3, 0.4) is 0 Å². The van der Waals surface area contributed by atoms with Crippen molar-refractivity contribution in [2.45, 2.75) is 38.8 Å². The quantitative estimate of drug-likeness (QED) is 0.850. The molecule has 2 N–H and O–H groups in total. The summed E-state index contributed by atoms with van der Waals surface area (Å²) in [5.74, 6) is 0.768. The van der Waals surface area contributed by atoms with E-state index in [0.717, 1.165) is 18.6 Å². The summed E-state index contributed by atoms with van der Waals surface area (Å²) in [4.78, 5) is 11.6. The molecular formula is C15H22N2O2. The molecule has 2 rings (SSSR count). The smallest absolute Gasteiger partial charge is 0.258 e. The fourth-order valence-electron chi connectivity index (χ4n) is 2.56. The highest BCUT2D eigenvalue weighted by Gasteiger charge is 2.23. The molecule has 0 radical (unpaired) electrons. The van der Waals surface area contributed by atoms with Crippen LogP contribution in [0.2, 0.25) is 0 Å². The van der Waals surface area contributed by atoms with Crippen LogP contribution in [0.25, 0.3) is 0 Å². The third-order valence-electron chi connectivity index (χ3n) is 3.38. The van der Waals surface area contributed by atoms with Crippen molar-refractivity contribution >= 4 is 5.91 Å². The number of rotatable bonds is 5. The zero-order chi connectivity index (χ0) is 13.8. The molecule has 1 aromatic carbocycles. The number of ether oxygens (including phenoxy) is 1. The SMILES string of the molecule is CNC1CCc2c(OCC(=O)NC(C)C)cccc21. The molecule has 1 amide bonds. The molecule has 0 saturated heterocycles. The van der Waals surface area contributed by atoms with E-state index in [0.29, 0.717) is 6.04 Å². The first-order valence-electron chi connectivity index (χ1n) is 6.83. The fraction of sp³-hybridized carbons (Fsp3) is 0.533. The summed E-state index contributed by atoms with van der Waals surface area (Å²) in [6, 6.07) is 6.61. The first-order valence-corrected chi connectivity index (χ1v) is 6.83. The van der Waals surface area contributed by atoms with E-state index in [1.54, 1.807) is 0 Å². The summed E-state index contributed by atoms with van der Waals surface area (Å²) >= 11 is 0. The summed E-state index contributed by atoms with van der Waals surface area (Å²) in [5.41, 5.74) is 2.53. The summed E-state index contributed by atoms with van der Waals surface area (Å²) in [6.07, 6.45) is 2.09. The minimum Gasteiger partial charge on any atom is -0.483 e. The van der Waals surface area contributed by atoms with Crippen molar-refractivity contribution in [3.63, 3.8) is 0 Å². The maximum absolute atomic E-state index is 11.6.